The van der Waals surface area contributed by atoms with Crippen molar-refractivity contribution in [3.05, 3.63) is 42.2 Å². The average Bonchev–Trinajstić information content (AvgIpc) is 2.66. The maximum atomic E-state index is 10.9. The van der Waals surface area contributed by atoms with E-state index in [2.05, 4.69) is 15.3 Å². The minimum Gasteiger partial charge on any atom is -0.496 e. The van der Waals surface area contributed by atoms with Crippen LogP contribution in [0.4, 0.5) is 0 Å². The molecule has 144 valence electrons. The zero-order valence-corrected chi connectivity index (χ0v) is 15.8. The third kappa shape index (κ3) is 4.81. The van der Waals surface area contributed by atoms with Crippen LogP contribution < -0.4 is 10.1 Å². The molecule has 1 aromatic heterocycles. The standard InChI is InChI=1S/C20H26N4O3/c1-3-24(13-19(25)26)16-8-15(9-16)21-10-14-11-22-20(23-12-14)17-6-4-5-7-18(17)27-2/h4-7,11-12,15-16,21H,3,8-10,13H2,1-2H3,(H,25,26). The van der Waals surface area contributed by atoms with Crippen LogP contribution in [0.15, 0.2) is 36.7 Å². The molecule has 3 rings (SSSR count). The smallest absolute Gasteiger partial charge is 0.317 e. The zero-order chi connectivity index (χ0) is 19.2. The number of carboxylic acids is 1. The number of aromatic nitrogens is 2. The number of methoxy groups -OCH3 is 1. The Morgan fingerprint density at radius 3 is 2.63 bits per heavy atom. The van der Waals surface area contributed by atoms with Gasteiger partial charge in [-0.3, -0.25) is 9.69 Å². The maximum Gasteiger partial charge on any atom is 0.317 e. The van der Waals surface area contributed by atoms with Crippen molar-refractivity contribution in [1.82, 2.24) is 20.2 Å². The average molecular weight is 370 g/mol. The van der Waals surface area contributed by atoms with Crippen molar-refractivity contribution in [2.24, 2.45) is 0 Å². The van der Waals surface area contributed by atoms with Crippen molar-refractivity contribution < 1.29 is 14.6 Å². The van der Waals surface area contributed by atoms with Crippen LogP contribution in [0.1, 0.15) is 25.3 Å². The largest absolute Gasteiger partial charge is 0.496 e. The predicted molar refractivity (Wildman–Crippen MR) is 103 cm³/mol. The lowest BCUT2D eigenvalue weighted by atomic mass is 9.85. The highest BCUT2D eigenvalue weighted by Gasteiger charge is 2.33. The van der Waals surface area contributed by atoms with Crippen LogP contribution in [-0.2, 0) is 11.3 Å². The lowest BCUT2D eigenvalue weighted by Gasteiger charge is -2.42. The summed E-state index contributed by atoms with van der Waals surface area (Å²) in [6, 6.07) is 8.46. The van der Waals surface area contributed by atoms with Gasteiger partial charge in [0.25, 0.3) is 0 Å². The summed E-state index contributed by atoms with van der Waals surface area (Å²) in [7, 11) is 1.64. The van der Waals surface area contributed by atoms with E-state index in [0.29, 0.717) is 24.5 Å². The molecule has 0 spiro atoms. The summed E-state index contributed by atoms with van der Waals surface area (Å²) in [4.78, 5) is 21.8. The lowest BCUT2D eigenvalue weighted by molar-refractivity contribution is -0.139. The van der Waals surface area contributed by atoms with Crippen molar-refractivity contribution in [3.8, 4) is 17.1 Å². The summed E-state index contributed by atoms with van der Waals surface area (Å²) in [5.41, 5.74) is 1.90. The number of ether oxygens (including phenoxy) is 1. The van der Waals surface area contributed by atoms with E-state index >= 15 is 0 Å². The van der Waals surface area contributed by atoms with Crippen molar-refractivity contribution in [2.45, 2.75) is 38.4 Å². The van der Waals surface area contributed by atoms with Gasteiger partial charge in [-0.05, 0) is 31.5 Å². The number of rotatable bonds is 9. The molecule has 2 N–H and O–H groups in total. The summed E-state index contributed by atoms with van der Waals surface area (Å²) in [5, 5.41) is 12.5. The molecule has 1 aliphatic rings. The van der Waals surface area contributed by atoms with Crippen LogP contribution in [-0.4, -0.2) is 58.2 Å². The Morgan fingerprint density at radius 2 is 2.00 bits per heavy atom. The van der Waals surface area contributed by atoms with Crippen LogP contribution in [0.3, 0.4) is 0 Å². The van der Waals surface area contributed by atoms with E-state index < -0.39 is 5.97 Å². The van der Waals surface area contributed by atoms with Crippen molar-refractivity contribution in [3.63, 3.8) is 0 Å². The van der Waals surface area contributed by atoms with Crippen LogP contribution in [0.25, 0.3) is 11.4 Å². The fourth-order valence-electron chi connectivity index (χ4n) is 3.40. The molecule has 1 aromatic carbocycles. The van der Waals surface area contributed by atoms with Gasteiger partial charge in [0, 0.05) is 36.6 Å². The second-order valence-electron chi connectivity index (χ2n) is 6.78. The zero-order valence-electron chi connectivity index (χ0n) is 15.8. The second-order valence-corrected chi connectivity index (χ2v) is 6.78. The highest BCUT2D eigenvalue weighted by Crippen LogP contribution is 2.27. The van der Waals surface area contributed by atoms with Crippen molar-refractivity contribution in [1.29, 1.82) is 0 Å². The monoisotopic (exact) mass is 370 g/mol. The molecule has 0 aliphatic heterocycles. The molecule has 1 fully saturated rings. The SMILES string of the molecule is CCN(CC(=O)O)C1CC(NCc2cnc(-c3ccccc3OC)nc2)C1. The van der Waals surface area contributed by atoms with Gasteiger partial charge in [0.15, 0.2) is 5.82 Å². The van der Waals surface area contributed by atoms with E-state index in [9.17, 15) is 4.79 Å². The van der Waals surface area contributed by atoms with Gasteiger partial charge in [0.1, 0.15) is 5.75 Å². The maximum absolute atomic E-state index is 10.9. The quantitative estimate of drug-likeness (QED) is 0.699. The van der Waals surface area contributed by atoms with Crippen molar-refractivity contribution >= 4 is 5.97 Å². The molecule has 7 nitrogen and oxygen atoms in total. The first kappa shape index (κ1) is 19.3. The molecule has 0 saturated heterocycles. The lowest BCUT2D eigenvalue weighted by Crippen LogP contribution is -2.53. The van der Waals surface area contributed by atoms with Crippen LogP contribution in [0.5, 0.6) is 5.75 Å². The third-order valence-electron chi connectivity index (χ3n) is 5.02. The molecular weight excluding hydrogens is 344 g/mol. The molecule has 2 aromatic rings. The first-order chi connectivity index (χ1) is 13.1. The number of nitrogens with one attached hydrogen (secondary N) is 1. The molecule has 0 amide bonds. The topological polar surface area (TPSA) is 87.6 Å². The fourth-order valence-corrected chi connectivity index (χ4v) is 3.40. The van der Waals surface area contributed by atoms with E-state index in [1.54, 1.807) is 7.11 Å². The molecule has 0 radical (unpaired) electrons. The Labute approximate surface area is 159 Å². The van der Waals surface area contributed by atoms with E-state index in [1.807, 2.05) is 48.5 Å². The molecule has 1 aliphatic carbocycles. The number of carbonyl (C=O) groups is 1. The minimum absolute atomic E-state index is 0.117. The number of likely N-dealkylation sites (N-methyl/N-ethyl adjacent to an activating group) is 1. The van der Waals surface area contributed by atoms with Gasteiger partial charge < -0.3 is 15.2 Å². The predicted octanol–water partition coefficient (Wildman–Crippen LogP) is 2.18. The van der Waals surface area contributed by atoms with Gasteiger partial charge in [-0.1, -0.05) is 19.1 Å². The summed E-state index contributed by atoms with van der Waals surface area (Å²) in [5.74, 6) is 0.637. The summed E-state index contributed by atoms with van der Waals surface area (Å²) >= 11 is 0. The Balaban J connectivity index is 1.50. The highest BCUT2D eigenvalue weighted by molar-refractivity contribution is 5.69. The molecule has 0 bridgehead atoms. The third-order valence-corrected chi connectivity index (χ3v) is 5.02. The molecule has 27 heavy (non-hydrogen) atoms. The Hall–Kier alpha value is -2.51. The number of hydrogen-bond donors (Lipinski definition) is 2. The summed E-state index contributed by atoms with van der Waals surface area (Å²) < 4.78 is 5.36. The highest BCUT2D eigenvalue weighted by atomic mass is 16.5. The van der Waals surface area contributed by atoms with Crippen molar-refractivity contribution in [2.75, 3.05) is 20.2 Å². The van der Waals surface area contributed by atoms with E-state index in [0.717, 1.165) is 36.3 Å². The Morgan fingerprint density at radius 1 is 1.30 bits per heavy atom. The molecule has 0 atom stereocenters. The first-order valence-electron chi connectivity index (χ1n) is 9.24. The molecule has 7 heteroatoms. The summed E-state index contributed by atoms with van der Waals surface area (Å²) in [6.07, 6.45) is 5.62. The van der Waals surface area contributed by atoms with Gasteiger partial charge in [-0.2, -0.15) is 0 Å². The summed E-state index contributed by atoms with van der Waals surface area (Å²) in [6.45, 7) is 3.59. The Kier molecular flexibility index (Phi) is 6.36. The van der Waals surface area contributed by atoms with Crippen LogP contribution in [0, 0.1) is 0 Å². The Bertz CT molecular complexity index is 760. The first-order valence-corrected chi connectivity index (χ1v) is 9.24. The van der Waals surface area contributed by atoms with E-state index in [1.165, 1.54) is 0 Å². The number of hydrogen-bond acceptors (Lipinski definition) is 6. The normalized spacial score (nSPS) is 18.9. The molecule has 1 heterocycles. The molecular formula is C20H26N4O3. The number of carboxylic acid groups (broad SMARTS) is 1. The fraction of sp³-hybridized carbons (Fsp3) is 0.450. The molecule has 0 unspecified atom stereocenters. The number of para-hydroxylation sites is 1. The number of aliphatic carboxylic acids is 1. The molecule has 1 saturated carbocycles. The van der Waals surface area contributed by atoms with Gasteiger partial charge >= 0.3 is 5.97 Å². The van der Waals surface area contributed by atoms with Crippen LogP contribution in [0.2, 0.25) is 0 Å². The van der Waals surface area contributed by atoms with Gasteiger partial charge in [-0.25, -0.2) is 9.97 Å². The van der Waals surface area contributed by atoms with Gasteiger partial charge in [0.05, 0.1) is 19.2 Å². The second kappa shape index (κ2) is 8.92. The number of benzene rings is 1. The number of nitrogens with zero attached hydrogens (tertiary/aromatic N) is 3. The van der Waals surface area contributed by atoms with E-state index in [-0.39, 0.29) is 6.54 Å². The van der Waals surface area contributed by atoms with Gasteiger partial charge in [0.2, 0.25) is 0 Å². The van der Waals surface area contributed by atoms with Crippen LogP contribution >= 0.6 is 0 Å². The minimum atomic E-state index is -0.763. The van der Waals surface area contributed by atoms with Gasteiger partial charge in [-0.15, -0.1) is 0 Å². The van der Waals surface area contributed by atoms with E-state index in [4.69, 9.17) is 9.84 Å².